The number of rotatable bonds is 10. The quantitative estimate of drug-likeness (QED) is 0.168. The zero-order valence-electron chi connectivity index (χ0n) is 28.6. The minimum absolute atomic E-state index is 0.00478. The lowest BCUT2D eigenvalue weighted by atomic mass is 9.41. The second kappa shape index (κ2) is 13.7. The van der Waals surface area contributed by atoms with Gasteiger partial charge in [-0.2, -0.15) is 0 Å². The molecule has 1 saturated heterocycles. The van der Waals surface area contributed by atoms with E-state index in [1.165, 1.54) is 7.11 Å². The monoisotopic (exact) mass is 658 g/mol. The fourth-order valence-electron chi connectivity index (χ4n) is 11.6. The van der Waals surface area contributed by atoms with Crippen LogP contribution in [0, 0.1) is 52.3 Å². The fourth-order valence-corrected chi connectivity index (χ4v) is 11.6. The van der Waals surface area contributed by atoms with Gasteiger partial charge < -0.3 is 55.1 Å². The smallest absolute Gasteiger partial charge is 0.186 e. The first kappa shape index (κ1) is 36.8. The van der Waals surface area contributed by atoms with Crippen LogP contribution in [0.15, 0.2) is 0 Å². The van der Waals surface area contributed by atoms with Gasteiger partial charge in [0.05, 0.1) is 49.3 Å². The number of ether oxygens (including phenoxy) is 3. The molecule has 0 aromatic carbocycles. The summed E-state index contributed by atoms with van der Waals surface area (Å²) in [6, 6.07) is 0. The van der Waals surface area contributed by atoms with Crippen molar-refractivity contribution in [1.29, 1.82) is 0 Å². The van der Waals surface area contributed by atoms with Crippen LogP contribution in [0.3, 0.4) is 0 Å². The van der Waals surface area contributed by atoms with Crippen molar-refractivity contribution in [2.75, 3.05) is 20.3 Å². The van der Waals surface area contributed by atoms with E-state index in [1.807, 2.05) is 6.92 Å². The highest BCUT2D eigenvalue weighted by Crippen LogP contribution is 2.69. The van der Waals surface area contributed by atoms with E-state index in [1.54, 1.807) is 0 Å². The maximum absolute atomic E-state index is 12.6. The van der Waals surface area contributed by atoms with E-state index in [0.29, 0.717) is 44.1 Å². The predicted octanol–water partition coefficient (Wildman–Crippen LogP) is 1.19. The number of hydrogen-bond donors (Lipinski definition) is 8. The Hall–Kier alpha value is -0.440. The number of hydrogen-bond acceptors (Lipinski definition) is 11. The van der Waals surface area contributed by atoms with Crippen molar-refractivity contribution in [3.63, 3.8) is 0 Å². The molecule has 5 aliphatic rings. The van der Waals surface area contributed by atoms with Gasteiger partial charge in [0.15, 0.2) is 6.29 Å². The van der Waals surface area contributed by atoms with E-state index in [9.17, 15) is 40.9 Å². The van der Waals surface area contributed by atoms with Crippen LogP contribution in [0.1, 0.15) is 86.0 Å². The minimum Gasteiger partial charge on any atom is -0.393 e. The minimum atomic E-state index is -1.41. The molecule has 1 heterocycles. The largest absolute Gasteiger partial charge is 0.393 e. The predicted molar refractivity (Wildman–Crippen MR) is 168 cm³/mol. The molecule has 1 aliphatic heterocycles. The SMILES string of the molecule is COC1COC(OCCC(CCC(C)C2C(O)C(O)C3C2(C)CCC2C4(C)CCC(O)C(O)C4C(O)CC23O)C(C)C)C(O)C1O. The Morgan fingerprint density at radius 1 is 0.783 bits per heavy atom. The highest BCUT2D eigenvalue weighted by atomic mass is 16.7. The Morgan fingerprint density at radius 3 is 2.11 bits per heavy atom. The second-order valence-electron chi connectivity index (χ2n) is 16.6. The number of methoxy groups -OCH3 is 1. The van der Waals surface area contributed by atoms with Gasteiger partial charge in [0.2, 0.25) is 0 Å². The summed E-state index contributed by atoms with van der Waals surface area (Å²) in [5.41, 5.74) is -2.56. The third-order valence-electron chi connectivity index (χ3n) is 14.0. The van der Waals surface area contributed by atoms with Crippen LogP contribution in [-0.2, 0) is 14.2 Å². The van der Waals surface area contributed by atoms with Gasteiger partial charge in [-0.15, -0.1) is 0 Å². The van der Waals surface area contributed by atoms with Crippen molar-refractivity contribution in [3.05, 3.63) is 0 Å². The van der Waals surface area contributed by atoms with Crippen LogP contribution in [-0.4, -0.2) is 122 Å². The molecule has 5 fully saturated rings. The Kier molecular flexibility index (Phi) is 11.0. The van der Waals surface area contributed by atoms with E-state index in [2.05, 4.69) is 27.7 Å². The second-order valence-corrected chi connectivity index (χ2v) is 16.6. The van der Waals surface area contributed by atoms with Crippen LogP contribution in [0.4, 0.5) is 0 Å². The lowest BCUT2D eigenvalue weighted by Gasteiger charge is -2.66. The third kappa shape index (κ3) is 6.01. The Balaban J connectivity index is 1.25. The zero-order valence-corrected chi connectivity index (χ0v) is 28.6. The first-order valence-electron chi connectivity index (χ1n) is 17.8. The molecule has 18 unspecified atom stereocenters. The van der Waals surface area contributed by atoms with Gasteiger partial charge in [-0.05, 0) is 78.9 Å². The molecule has 268 valence electrons. The van der Waals surface area contributed by atoms with E-state index >= 15 is 0 Å². The first-order chi connectivity index (χ1) is 21.5. The summed E-state index contributed by atoms with van der Waals surface area (Å²) < 4.78 is 16.6. The summed E-state index contributed by atoms with van der Waals surface area (Å²) in [4.78, 5) is 0. The summed E-state index contributed by atoms with van der Waals surface area (Å²) >= 11 is 0. The van der Waals surface area contributed by atoms with Crippen LogP contribution in [0.25, 0.3) is 0 Å². The van der Waals surface area contributed by atoms with E-state index in [4.69, 9.17) is 14.2 Å². The zero-order chi connectivity index (χ0) is 33.9. The Morgan fingerprint density at radius 2 is 1.46 bits per heavy atom. The summed E-state index contributed by atoms with van der Waals surface area (Å²) in [7, 11) is 1.46. The Bertz CT molecular complexity index is 1030. The molecule has 0 amide bonds. The van der Waals surface area contributed by atoms with Gasteiger partial charge in [-0.1, -0.05) is 41.0 Å². The van der Waals surface area contributed by atoms with Crippen molar-refractivity contribution in [2.24, 2.45) is 52.3 Å². The van der Waals surface area contributed by atoms with Gasteiger partial charge in [-0.25, -0.2) is 0 Å². The van der Waals surface area contributed by atoms with Gasteiger partial charge in [0.1, 0.15) is 18.3 Å². The van der Waals surface area contributed by atoms with Crippen LogP contribution in [0.5, 0.6) is 0 Å². The first-order valence-corrected chi connectivity index (χ1v) is 17.8. The van der Waals surface area contributed by atoms with Gasteiger partial charge in [0, 0.05) is 25.4 Å². The van der Waals surface area contributed by atoms with Gasteiger partial charge in [0.25, 0.3) is 0 Å². The normalized spacial score (nSPS) is 52.1. The highest BCUT2D eigenvalue weighted by molar-refractivity contribution is 5.22. The molecule has 5 rings (SSSR count). The molecular weight excluding hydrogens is 596 g/mol. The summed E-state index contributed by atoms with van der Waals surface area (Å²) in [5, 5.41) is 89.2. The van der Waals surface area contributed by atoms with Crippen LogP contribution >= 0.6 is 0 Å². The molecule has 0 spiro atoms. The summed E-state index contributed by atoms with van der Waals surface area (Å²) in [5.74, 6) is -0.993. The number of fused-ring (bicyclic) bond motifs is 5. The molecule has 0 radical (unpaired) electrons. The average Bonchev–Trinajstić information content (AvgIpc) is 3.19. The lowest BCUT2D eigenvalue weighted by molar-refractivity contribution is -0.280. The number of aliphatic hydroxyl groups excluding tert-OH is 7. The lowest BCUT2D eigenvalue weighted by Crippen LogP contribution is -2.71. The van der Waals surface area contributed by atoms with Crippen molar-refractivity contribution in [1.82, 2.24) is 0 Å². The standard InChI is InChI=1S/C35H62O11/c1-17(2)19(11-14-45-32-30(42)27(39)22(44-6)16-46-32)8-7-18(3)24-28(40)29(41)31-34(24,5)13-10-23-33(4)12-9-20(36)26(38)25(33)21(37)15-35(23,31)43/h17-32,36-43H,7-16H2,1-6H3. The third-order valence-corrected chi connectivity index (χ3v) is 14.0. The molecule has 8 N–H and O–H groups in total. The van der Waals surface area contributed by atoms with Crippen LogP contribution in [0.2, 0.25) is 0 Å². The maximum atomic E-state index is 12.6. The summed E-state index contributed by atoms with van der Waals surface area (Å²) in [6.07, 6.45) is -4.18. The molecule has 0 aromatic rings. The van der Waals surface area contributed by atoms with Gasteiger partial charge in [-0.3, -0.25) is 0 Å². The van der Waals surface area contributed by atoms with E-state index < -0.39 is 83.4 Å². The molecule has 11 heteroatoms. The highest BCUT2D eigenvalue weighted by Gasteiger charge is 2.73. The molecule has 4 aliphatic carbocycles. The average molecular weight is 659 g/mol. The van der Waals surface area contributed by atoms with Crippen molar-refractivity contribution in [3.8, 4) is 0 Å². The van der Waals surface area contributed by atoms with Crippen molar-refractivity contribution < 1.29 is 55.1 Å². The molecule has 0 aromatic heterocycles. The number of aliphatic hydroxyl groups is 8. The van der Waals surface area contributed by atoms with Crippen molar-refractivity contribution in [2.45, 2.75) is 147 Å². The van der Waals surface area contributed by atoms with Crippen LogP contribution < -0.4 is 0 Å². The van der Waals surface area contributed by atoms with Crippen molar-refractivity contribution >= 4 is 0 Å². The molecule has 46 heavy (non-hydrogen) atoms. The fraction of sp³-hybridized carbons (Fsp3) is 1.00. The van der Waals surface area contributed by atoms with E-state index in [0.717, 1.165) is 19.3 Å². The summed E-state index contributed by atoms with van der Waals surface area (Å²) in [6.45, 7) is 11.1. The maximum Gasteiger partial charge on any atom is 0.186 e. The molecule has 4 saturated carbocycles. The molecule has 11 nitrogen and oxygen atoms in total. The molecule has 0 bridgehead atoms. The topological polar surface area (TPSA) is 190 Å². The molecular formula is C35H62O11. The van der Waals surface area contributed by atoms with Gasteiger partial charge >= 0.3 is 0 Å². The van der Waals surface area contributed by atoms with E-state index in [-0.39, 0.29) is 30.8 Å². The Labute approximate surface area is 274 Å². The molecule has 18 atom stereocenters.